The van der Waals surface area contributed by atoms with E-state index in [0.29, 0.717) is 5.69 Å². The summed E-state index contributed by atoms with van der Waals surface area (Å²) in [7, 11) is -4.32. The van der Waals surface area contributed by atoms with E-state index >= 15 is 0 Å². The summed E-state index contributed by atoms with van der Waals surface area (Å²) < 4.78 is 30.8. The van der Waals surface area contributed by atoms with E-state index in [9.17, 15) is 18.3 Å². The van der Waals surface area contributed by atoms with Gasteiger partial charge in [0.05, 0.1) is 4.90 Å². The quantitative estimate of drug-likeness (QED) is 0.277. The summed E-state index contributed by atoms with van der Waals surface area (Å²) in [5.41, 5.74) is 0.603. The number of hydrogen-bond acceptors (Lipinski definition) is 6. The standard InChI is InChI=1S/C16H13N3O5S/c17-9-11(10-18-12-1-5-14(20)6-2-12)16(21)19-13-3-7-15(8-4-13)25(22,23)24/h1-8,10,18,20H,(H,19,21)(H,22,23,24)/b11-10-. The van der Waals surface area contributed by atoms with E-state index in [1.165, 1.54) is 30.5 Å². The molecule has 0 bridgehead atoms. The molecule has 4 N–H and O–H groups in total. The number of rotatable bonds is 5. The minimum absolute atomic E-state index is 0.0844. The van der Waals surface area contributed by atoms with E-state index in [4.69, 9.17) is 9.81 Å². The fraction of sp³-hybridized carbons (Fsp3) is 0. The van der Waals surface area contributed by atoms with Crippen molar-refractivity contribution in [2.75, 3.05) is 10.6 Å². The van der Waals surface area contributed by atoms with Crippen LogP contribution in [0.2, 0.25) is 0 Å². The lowest BCUT2D eigenvalue weighted by Crippen LogP contribution is -2.14. The number of nitrogens with one attached hydrogen (secondary N) is 2. The van der Waals surface area contributed by atoms with Gasteiger partial charge in [-0.15, -0.1) is 0 Å². The van der Waals surface area contributed by atoms with E-state index in [-0.39, 0.29) is 21.9 Å². The molecule has 0 radical (unpaired) electrons. The number of carbonyl (C=O) groups excluding carboxylic acids is 1. The molecule has 128 valence electrons. The maximum absolute atomic E-state index is 12.1. The molecule has 0 aliphatic heterocycles. The SMILES string of the molecule is N#C/C(=C/Nc1ccc(O)cc1)C(=O)Nc1ccc(S(=O)(=O)O)cc1. The van der Waals surface area contributed by atoms with Crippen LogP contribution in [-0.2, 0) is 14.9 Å². The number of hydrogen-bond donors (Lipinski definition) is 4. The van der Waals surface area contributed by atoms with Gasteiger partial charge in [-0.05, 0) is 48.5 Å². The summed E-state index contributed by atoms with van der Waals surface area (Å²) in [6.45, 7) is 0. The van der Waals surface area contributed by atoms with E-state index in [2.05, 4.69) is 10.6 Å². The van der Waals surface area contributed by atoms with Crippen molar-refractivity contribution in [2.45, 2.75) is 4.90 Å². The first-order valence-corrected chi connectivity index (χ1v) is 8.28. The third-order valence-electron chi connectivity index (χ3n) is 3.03. The molecule has 0 aliphatic rings. The van der Waals surface area contributed by atoms with Crippen molar-refractivity contribution in [1.29, 1.82) is 5.26 Å². The second-order valence-corrected chi connectivity index (χ2v) is 6.24. The lowest BCUT2D eigenvalue weighted by molar-refractivity contribution is -0.112. The monoisotopic (exact) mass is 359 g/mol. The highest BCUT2D eigenvalue weighted by Crippen LogP contribution is 2.16. The average Bonchev–Trinajstić information content (AvgIpc) is 2.56. The Morgan fingerprint density at radius 2 is 1.60 bits per heavy atom. The molecule has 9 heteroatoms. The van der Waals surface area contributed by atoms with Crippen molar-refractivity contribution >= 4 is 27.4 Å². The van der Waals surface area contributed by atoms with Gasteiger partial charge >= 0.3 is 0 Å². The number of carbonyl (C=O) groups is 1. The van der Waals surface area contributed by atoms with Gasteiger partial charge in [0.15, 0.2) is 0 Å². The molecule has 0 atom stereocenters. The molecular weight excluding hydrogens is 346 g/mol. The molecule has 8 nitrogen and oxygen atoms in total. The van der Waals surface area contributed by atoms with Gasteiger partial charge in [0, 0.05) is 17.6 Å². The predicted octanol–water partition coefficient (Wildman–Crippen LogP) is 2.10. The fourth-order valence-corrected chi connectivity index (χ4v) is 2.25. The first-order valence-electron chi connectivity index (χ1n) is 6.84. The number of anilines is 2. The van der Waals surface area contributed by atoms with Crippen LogP contribution < -0.4 is 10.6 Å². The number of phenols is 1. The summed E-state index contributed by atoms with van der Waals surface area (Å²) in [5, 5.41) is 23.4. The Balaban J connectivity index is 2.08. The largest absolute Gasteiger partial charge is 0.508 e. The number of aromatic hydroxyl groups is 1. The molecule has 2 aromatic carbocycles. The second-order valence-electron chi connectivity index (χ2n) is 4.81. The second kappa shape index (κ2) is 7.48. The third-order valence-corrected chi connectivity index (χ3v) is 3.89. The topological polar surface area (TPSA) is 140 Å². The average molecular weight is 359 g/mol. The summed E-state index contributed by atoms with van der Waals surface area (Å²) in [6, 6.07) is 12.6. The zero-order valence-corrected chi connectivity index (χ0v) is 13.5. The maximum atomic E-state index is 12.1. The lowest BCUT2D eigenvalue weighted by atomic mass is 10.2. The van der Waals surface area contributed by atoms with Crippen molar-refractivity contribution < 1.29 is 22.9 Å². The highest BCUT2D eigenvalue weighted by atomic mass is 32.2. The minimum atomic E-state index is -4.32. The Morgan fingerprint density at radius 3 is 2.12 bits per heavy atom. The van der Waals surface area contributed by atoms with E-state index in [0.717, 1.165) is 12.1 Å². The van der Waals surface area contributed by atoms with Crippen molar-refractivity contribution in [2.24, 2.45) is 0 Å². The number of phenolic OH excluding ortho intramolecular Hbond substituents is 1. The van der Waals surface area contributed by atoms with Crippen LogP contribution in [0, 0.1) is 11.3 Å². The minimum Gasteiger partial charge on any atom is -0.508 e. The van der Waals surface area contributed by atoms with Crippen molar-refractivity contribution in [1.82, 2.24) is 0 Å². The zero-order valence-electron chi connectivity index (χ0n) is 12.7. The molecule has 1 amide bonds. The molecule has 0 saturated carbocycles. The number of nitriles is 1. The summed E-state index contributed by atoms with van der Waals surface area (Å²) in [6.07, 6.45) is 1.20. The van der Waals surface area contributed by atoms with Crippen LogP contribution in [0.5, 0.6) is 5.75 Å². The Labute approximate surface area is 143 Å². The number of benzene rings is 2. The third kappa shape index (κ3) is 5.07. The Hall–Kier alpha value is -3.35. The van der Waals surface area contributed by atoms with Gasteiger partial charge in [0.1, 0.15) is 17.4 Å². The van der Waals surface area contributed by atoms with Crippen molar-refractivity contribution in [3.63, 3.8) is 0 Å². The molecule has 2 rings (SSSR count). The summed E-state index contributed by atoms with van der Waals surface area (Å²) in [4.78, 5) is 11.7. The van der Waals surface area contributed by atoms with E-state index in [1.807, 2.05) is 0 Å². The first kappa shape index (κ1) is 18.0. The van der Waals surface area contributed by atoms with Crippen LogP contribution in [0.3, 0.4) is 0 Å². The van der Waals surface area contributed by atoms with Gasteiger partial charge in [0.2, 0.25) is 0 Å². The first-order chi connectivity index (χ1) is 11.8. The van der Waals surface area contributed by atoms with Gasteiger partial charge in [0.25, 0.3) is 16.0 Å². The molecule has 2 aromatic rings. The molecule has 0 aliphatic carbocycles. The van der Waals surface area contributed by atoms with Crippen molar-refractivity contribution in [3.05, 3.63) is 60.3 Å². The van der Waals surface area contributed by atoms with Gasteiger partial charge in [-0.1, -0.05) is 0 Å². The van der Waals surface area contributed by atoms with E-state index < -0.39 is 16.0 Å². The Morgan fingerprint density at radius 1 is 1.04 bits per heavy atom. The Kier molecular flexibility index (Phi) is 5.38. The van der Waals surface area contributed by atoms with Crippen LogP contribution in [0.1, 0.15) is 0 Å². The highest BCUT2D eigenvalue weighted by Gasteiger charge is 2.12. The molecule has 0 saturated heterocycles. The van der Waals surface area contributed by atoms with Crippen LogP contribution in [-0.4, -0.2) is 24.0 Å². The fourth-order valence-electron chi connectivity index (χ4n) is 1.77. The van der Waals surface area contributed by atoms with Crippen LogP contribution in [0.25, 0.3) is 0 Å². The zero-order chi connectivity index (χ0) is 18.4. The van der Waals surface area contributed by atoms with Gasteiger partial charge < -0.3 is 15.7 Å². The molecule has 0 aromatic heterocycles. The number of nitrogens with zero attached hydrogens (tertiary/aromatic N) is 1. The maximum Gasteiger partial charge on any atom is 0.294 e. The van der Waals surface area contributed by atoms with Crippen molar-refractivity contribution in [3.8, 4) is 11.8 Å². The predicted molar refractivity (Wildman–Crippen MR) is 90.3 cm³/mol. The molecule has 0 spiro atoms. The van der Waals surface area contributed by atoms with Crippen LogP contribution >= 0.6 is 0 Å². The molecule has 0 heterocycles. The molecule has 25 heavy (non-hydrogen) atoms. The highest BCUT2D eigenvalue weighted by molar-refractivity contribution is 7.85. The number of amides is 1. The van der Waals surface area contributed by atoms with Gasteiger partial charge in [-0.2, -0.15) is 13.7 Å². The van der Waals surface area contributed by atoms with Gasteiger partial charge in [-0.3, -0.25) is 9.35 Å². The van der Waals surface area contributed by atoms with Crippen LogP contribution in [0.15, 0.2) is 65.2 Å². The molecular formula is C16H13N3O5S. The Bertz CT molecular complexity index is 943. The summed E-state index contributed by atoms with van der Waals surface area (Å²) in [5.74, 6) is -0.616. The summed E-state index contributed by atoms with van der Waals surface area (Å²) >= 11 is 0. The normalized spacial score (nSPS) is 11.4. The molecule has 0 fully saturated rings. The lowest BCUT2D eigenvalue weighted by Gasteiger charge is -2.06. The molecule has 0 unspecified atom stereocenters. The van der Waals surface area contributed by atoms with Crippen LogP contribution in [0.4, 0.5) is 11.4 Å². The van der Waals surface area contributed by atoms with E-state index in [1.54, 1.807) is 18.2 Å². The smallest absolute Gasteiger partial charge is 0.294 e. The van der Waals surface area contributed by atoms with Gasteiger partial charge in [-0.25, -0.2) is 0 Å².